The highest BCUT2D eigenvalue weighted by Crippen LogP contribution is 2.33. The minimum absolute atomic E-state index is 0.0518. The van der Waals surface area contributed by atoms with E-state index in [9.17, 15) is 4.79 Å². The quantitative estimate of drug-likeness (QED) is 0.487. The molecule has 1 saturated heterocycles. The molecule has 0 N–H and O–H groups in total. The molecule has 1 aliphatic heterocycles. The molecule has 1 aliphatic carbocycles. The largest absolute Gasteiger partial charge is 0.463 e. The standard InChI is InChI=1S/C25H24N6O2/c1-29-10-12-30(13-11-29)24(32)20-16-27-31(23(20)21-7-4-14-33-21)25-26-15-18-9-8-17-5-2-3-6-19(17)22(18)28-25/h2-7,14-16H,8-13H2,1H3. The topological polar surface area (TPSA) is 80.3 Å². The van der Waals surface area contributed by atoms with Crippen molar-refractivity contribution in [2.75, 3.05) is 33.2 Å². The van der Waals surface area contributed by atoms with E-state index in [1.54, 1.807) is 23.2 Å². The number of aryl methyl sites for hydroxylation is 2. The highest BCUT2D eigenvalue weighted by molar-refractivity contribution is 5.99. The molecule has 4 heterocycles. The number of carbonyl (C=O) groups is 1. The smallest absolute Gasteiger partial charge is 0.257 e. The van der Waals surface area contributed by atoms with Crippen molar-refractivity contribution in [1.29, 1.82) is 0 Å². The van der Waals surface area contributed by atoms with E-state index in [0.717, 1.165) is 42.8 Å². The Bertz CT molecular complexity index is 1320. The van der Waals surface area contributed by atoms with E-state index in [-0.39, 0.29) is 5.91 Å². The van der Waals surface area contributed by atoms with Gasteiger partial charge in [0.1, 0.15) is 5.69 Å². The van der Waals surface area contributed by atoms with Crippen molar-refractivity contribution in [1.82, 2.24) is 29.5 Å². The molecule has 6 rings (SSSR count). The van der Waals surface area contributed by atoms with Crippen molar-refractivity contribution < 1.29 is 9.21 Å². The normalized spacial score (nSPS) is 15.8. The molecule has 0 bridgehead atoms. The SMILES string of the molecule is CN1CCN(C(=O)c2cnn(-c3ncc4c(n3)-c3ccccc3CC4)c2-c2ccco2)CC1. The zero-order valence-corrected chi connectivity index (χ0v) is 18.4. The number of hydrogen-bond acceptors (Lipinski definition) is 6. The zero-order chi connectivity index (χ0) is 22.4. The molecular formula is C25H24N6O2. The van der Waals surface area contributed by atoms with Crippen LogP contribution in [0.5, 0.6) is 0 Å². The molecule has 3 aromatic heterocycles. The summed E-state index contributed by atoms with van der Waals surface area (Å²) in [4.78, 5) is 27.1. The average molecular weight is 441 g/mol. The van der Waals surface area contributed by atoms with E-state index >= 15 is 0 Å². The fraction of sp³-hybridized carbons (Fsp3) is 0.280. The molecular weight excluding hydrogens is 416 g/mol. The average Bonchev–Trinajstić information content (AvgIpc) is 3.53. The number of likely N-dealkylation sites (N-methyl/N-ethyl adjacent to an activating group) is 1. The summed E-state index contributed by atoms with van der Waals surface area (Å²) in [6, 6.07) is 12.0. The van der Waals surface area contributed by atoms with E-state index in [1.807, 2.05) is 23.2 Å². The molecule has 1 amide bonds. The van der Waals surface area contributed by atoms with Crippen LogP contribution in [0.25, 0.3) is 28.7 Å². The van der Waals surface area contributed by atoms with Gasteiger partial charge in [-0.25, -0.2) is 9.97 Å². The number of hydrogen-bond donors (Lipinski definition) is 0. The van der Waals surface area contributed by atoms with Gasteiger partial charge in [-0.05, 0) is 43.1 Å². The van der Waals surface area contributed by atoms with Crippen LogP contribution >= 0.6 is 0 Å². The van der Waals surface area contributed by atoms with E-state index in [2.05, 4.69) is 40.2 Å². The second kappa shape index (κ2) is 7.97. The van der Waals surface area contributed by atoms with Crippen molar-refractivity contribution in [3.8, 4) is 28.7 Å². The molecule has 2 aliphatic rings. The Morgan fingerprint density at radius 3 is 2.61 bits per heavy atom. The van der Waals surface area contributed by atoms with Crippen LogP contribution in [-0.2, 0) is 12.8 Å². The van der Waals surface area contributed by atoms with E-state index < -0.39 is 0 Å². The minimum Gasteiger partial charge on any atom is -0.463 e. The van der Waals surface area contributed by atoms with E-state index in [4.69, 9.17) is 9.40 Å². The predicted molar refractivity (Wildman–Crippen MR) is 123 cm³/mol. The Kier molecular flexibility index (Phi) is 4.80. The maximum Gasteiger partial charge on any atom is 0.257 e. The van der Waals surface area contributed by atoms with Gasteiger partial charge < -0.3 is 14.2 Å². The first-order chi connectivity index (χ1) is 16.2. The highest BCUT2D eigenvalue weighted by Gasteiger charge is 2.29. The fourth-order valence-electron chi connectivity index (χ4n) is 4.64. The van der Waals surface area contributed by atoms with Gasteiger partial charge in [0.15, 0.2) is 5.76 Å². The molecule has 0 atom stereocenters. The Morgan fingerprint density at radius 2 is 1.79 bits per heavy atom. The Labute approximate surface area is 191 Å². The number of benzene rings is 1. The van der Waals surface area contributed by atoms with Crippen molar-refractivity contribution >= 4 is 5.91 Å². The molecule has 4 aromatic rings. The molecule has 1 aromatic carbocycles. The lowest BCUT2D eigenvalue weighted by Gasteiger charge is -2.32. The van der Waals surface area contributed by atoms with Crippen molar-refractivity contribution in [2.45, 2.75) is 12.8 Å². The monoisotopic (exact) mass is 440 g/mol. The van der Waals surface area contributed by atoms with Crippen LogP contribution in [0.3, 0.4) is 0 Å². The van der Waals surface area contributed by atoms with Crippen LogP contribution in [0, 0.1) is 0 Å². The van der Waals surface area contributed by atoms with E-state index in [1.165, 1.54) is 5.56 Å². The summed E-state index contributed by atoms with van der Waals surface area (Å²) in [7, 11) is 2.07. The summed E-state index contributed by atoms with van der Waals surface area (Å²) < 4.78 is 7.33. The van der Waals surface area contributed by atoms with Crippen molar-refractivity contribution in [2.24, 2.45) is 0 Å². The third-order valence-electron chi connectivity index (χ3n) is 6.52. The second-order valence-corrected chi connectivity index (χ2v) is 8.59. The van der Waals surface area contributed by atoms with Gasteiger partial charge in [0.05, 0.1) is 23.7 Å². The van der Waals surface area contributed by atoms with Crippen molar-refractivity contribution in [3.63, 3.8) is 0 Å². The lowest BCUT2D eigenvalue weighted by Crippen LogP contribution is -2.47. The molecule has 0 spiro atoms. The van der Waals surface area contributed by atoms with Gasteiger partial charge in [0, 0.05) is 37.9 Å². The lowest BCUT2D eigenvalue weighted by molar-refractivity contribution is 0.0664. The Morgan fingerprint density at radius 1 is 0.970 bits per heavy atom. The Balaban J connectivity index is 1.45. The number of nitrogens with zero attached hydrogens (tertiary/aromatic N) is 6. The van der Waals surface area contributed by atoms with Gasteiger partial charge in [-0.1, -0.05) is 24.3 Å². The van der Waals surface area contributed by atoms with Crippen LogP contribution in [0.4, 0.5) is 0 Å². The zero-order valence-electron chi connectivity index (χ0n) is 18.4. The lowest BCUT2D eigenvalue weighted by atomic mass is 9.90. The maximum atomic E-state index is 13.4. The molecule has 8 heteroatoms. The molecule has 1 fully saturated rings. The summed E-state index contributed by atoms with van der Waals surface area (Å²) in [5, 5.41) is 4.55. The van der Waals surface area contributed by atoms with Crippen molar-refractivity contribution in [3.05, 3.63) is 71.7 Å². The molecule has 8 nitrogen and oxygen atoms in total. The number of fused-ring (bicyclic) bond motifs is 3. The van der Waals surface area contributed by atoms with E-state index in [0.29, 0.717) is 36.1 Å². The predicted octanol–water partition coefficient (Wildman–Crippen LogP) is 3.08. The summed E-state index contributed by atoms with van der Waals surface area (Å²) in [6.07, 6.45) is 6.97. The third kappa shape index (κ3) is 3.43. The molecule has 0 unspecified atom stereocenters. The van der Waals surface area contributed by atoms with Crippen LogP contribution in [-0.4, -0.2) is 68.7 Å². The van der Waals surface area contributed by atoms with Gasteiger partial charge in [0.2, 0.25) is 0 Å². The first-order valence-corrected chi connectivity index (χ1v) is 11.2. The number of furan rings is 1. The summed E-state index contributed by atoms with van der Waals surface area (Å²) >= 11 is 0. The number of piperazine rings is 1. The minimum atomic E-state index is -0.0518. The van der Waals surface area contributed by atoms with Gasteiger partial charge in [-0.2, -0.15) is 9.78 Å². The van der Waals surface area contributed by atoms with Gasteiger partial charge in [0.25, 0.3) is 11.9 Å². The Hall–Kier alpha value is -3.78. The van der Waals surface area contributed by atoms with Gasteiger partial charge >= 0.3 is 0 Å². The van der Waals surface area contributed by atoms with Crippen LogP contribution in [0.1, 0.15) is 21.5 Å². The molecule has 0 radical (unpaired) electrons. The van der Waals surface area contributed by atoms with Crippen LogP contribution < -0.4 is 0 Å². The molecule has 166 valence electrons. The summed E-state index contributed by atoms with van der Waals surface area (Å²) in [5.74, 6) is 0.935. The van der Waals surface area contributed by atoms with Crippen LogP contribution in [0.2, 0.25) is 0 Å². The third-order valence-corrected chi connectivity index (χ3v) is 6.52. The summed E-state index contributed by atoms with van der Waals surface area (Å²) in [5.41, 5.74) is 5.53. The number of aromatic nitrogens is 4. The number of rotatable bonds is 3. The molecule has 0 saturated carbocycles. The first kappa shape index (κ1) is 19.9. The summed E-state index contributed by atoms with van der Waals surface area (Å²) in [6.45, 7) is 3.07. The van der Waals surface area contributed by atoms with Gasteiger partial charge in [-0.3, -0.25) is 4.79 Å². The number of amides is 1. The number of carbonyl (C=O) groups excluding carboxylic acids is 1. The molecule has 33 heavy (non-hydrogen) atoms. The first-order valence-electron chi connectivity index (χ1n) is 11.2. The highest BCUT2D eigenvalue weighted by atomic mass is 16.3. The van der Waals surface area contributed by atoms with Gasteiger partial charge in [-0.15, -0.1) is 0 Å². The fourth-order valence-corrected chi connectivity index (χ4v) is 4.64. The maximum absolute atomic E-state index is 13.4. The van der Waals surface area contributed by atoms with Crippen LogP contribution in [0.15, 0.2) is 59.5 Å². The second-order valence-electron chi connectivity index (χ2n) is 8.59.